The third-order valence-electron chi connectivity index (χ3n) is 6.66. The van der Waals surface area contributed by atoms with Crippen LogP contribution >= 0.6 is 0 Å². The van der Waals surface area contributed by atoms with Gasteiger partial charge in [0.05, 0.1) is 19.3 Å². The molecular formula is C33H50N2O13. The van der Waals surface area contributed by atoms with Crippen LogP contribution < -0.4 is 14.8 Å². The van der Waals surface area contributed by atoms with E-state index < -0.39 is 36.5 Å². The maximum atomic E-state index is 12.0. The normalized spacial score (nSPS) is 19.8. The fourth-order valence-electron chi connectivity index (χ4n) is 4.35. The molecule has 0 radical (unpaired) electrons. The summed E-state index contributed by atoms with van der Waals surface area (Å²) in [6.07, 6.45) is -1.32. The summed E-state index contributed by atoms with van der Waals surface area (Å²) in [4.78, 5) is 58.9. The Bertz CT molecular complexity index is 1190. The van der Waals surface area contributed by atoms with Gasteiger partial charge >= 0.3 is 11.9 Å². The second kappa shape index (κ2) is 23.3. The van der Waals surface area contributed by atoms with Crippen LogP contribution in [0.4, 0.5) is 0 Å². The molecule has 0 saturated carbocycles. The van der Waals surface area contributed by atoms with Gasteiger partial charge in [-0.15, -0.1) is 0 Å². The van der Waals surface area contributed by atoms with Gasteiger partial charge in [-0.2, -0.15) is 0 Å². The van der Waals surface area contributed by atoms with Gasteiger partial charge in [-0.05, 0) is 25.0 Å². The zero-order valence-electron chi connectivity index (χ0n) is 28.3. The van der Waals surface area contributed by atoms with E-state index in [2.05, 4.69) is 5.32 Å². The average Bonchev–Trinajstić information content (AvgIpc) is 3.39. The third-order valence-corrected chi connectivity index (χ3v) is 6.66. The number of esters is 1. The Labute approximate surface area is 281 Å². The number of imide groups is 1. The molecule has 4 N–H and O–H groups in total. The van der Waals surface area contributed by atoms with Crippen molar-refractivity contribution in [3.05, 3.63) is 35.9 Å². The van der Waals surface area contributed by atoms with E-state index in [9.17, 15) is 39.3 Å². The average molecular weight is 683 g/mol. The Morgan fingerprint density at radius 3 is 2.31 bits per heavy atom. The standard InChI is InChI=1S/C29H38N2O13.2C2H6/c1-18(32)42-17-19-6-7-20(15-22(19)43-26-16-21(33)27(37)28(44-26)29(38)39)41-14-13-40-12-10-30-23(34)5-3-2-4-11-31-24(35)8-9-25(31)36;2*1-2/h6-9,15,21,26-28,33,37H,2-5,10-14,16-17H2,1H3,(H,30,34)(H,38,39);2*1-2H3/t21?,26?,27-,28?;;/m0../s1. The van der Waals surface area contributed by atoms with Crippen LogP contribution in [0.2, 0.25) is 0 Å². The number of nitrogens with zero attached hydrogens (tertiary/aromatic N) is 1. The lowest BCUT2D eigenvalue weighted by Gasteiger charge is -2.35. The molecule has 48 heavy (non-hydrogen) atoms. The maximum Gasteiger partial charge on any atom is 0.335 e. The topological polar surface area (TPSA) is 207 Å². The number of aliphatic hydroxyl groups excluding tert-OH is 2. The summed E-state index contributed by atoms with van der Waals surface area (Å²) < 4.78 is 27.3. The number of hydrogen-bond donors (Lipinski definition) is 4. The number of rotatable bonds is 18. The van der Waals surface area contributed by atoms with Gasteiger partial charge in [0.25, 0.3) is 11.8 Å². The van der Waals surface area contributed by atoms with Crippen molar-refractivity contribution in [1.82, 2.24) is 10.2 Å². The minimum Gasteiger partial charge on any atom is -0.491 e. The summed E-state index contributed by atoms with van der Waals surface area (Å²) in [5.41, 5.74) is 0.435. The van der Waals surface area contributed by atoms with Crippen LogP contribution in [0.3, 0.4) is 0 Å². The van der Waals surface area contributed by atoms with E-state index in [1.807, 2.05) is 27.7 Å². The predicted octanol–water partition coefficient (Wildman–Crippen LogP) is 2.10. The van der Waals surface area contributed by atoms with Crippen molar-refractivity contribution in [3.63, 3.8) is 0 Å². The Kier molecular flexibility index (Phi) is 20.4. The Morgan fingerprint density at radius 1 is 0.979 bits per heavy atom. The van der Waals surface area contributed by atoms with E-state index in [-0.39, 0.29) is 56.3 Å². The van der Waals surface area contributed by atoms with Crippen LogP contribution in [0.15, 0.2) is 30.4 Å². The second-order valence-electron chi connectivity index (χ2n) is 10.1. The van der Waals surface area contributed by atoms with Crippen LogP contribution in [0.25, 0.3) is 0 Å². The quantitative estimate of drug-likeness (QED) is 0.0995. The van der Waals surface area contributed by atoms with Crippen molar-refractivity contribution in [2.24, 2.45) is 0 Å². The summed E-state index contributed by atoms with van der Waals surface area (Å²) in [5, 5.41) is 32.0. The molecule has 2 aliphatic rings. The van der Waals surface area contributed by atoms with Gasteiger partial charge in [-0.25, -0.2) is 4.79 Å². The molecule has 15 heteroatoms. The lowest BCUT2D eigenvalue weighted by molar-refractivity contribution is -0.228. The van der Waals surface area contributed by atoms with Gasteiger partial charge in [0.15, 0.2) is 6.10 Å². The molecule has 1 aromatic carbocycles. The van der Waals surface area contributed by atoms with Gasteiger partial charge in [-0.3, -0.25) is 24.1 Å². The van der Waals surface area contributed by atoms with E-state index in [1.165, 1.54) is 30.0 Å². The highest BCUT2D eigenvalue weighted by Gasteiger charge is 2.42. The molecule has 4 atom stereocenters. The number of hydrogen-bond acceptors (Lipinski definition) is 12. The molecule has 2 aliphatic heterocycles. The van der Waals surface area contributed by atoms with Gasteiger partial charge in [0.2, 0.25) is 12.2 Å². The lowest BCUT2D eigenvalue weighted by atomic mass is 10.0. The minimum absolute atomic E-state index is 0.125. The van der Waals surface area contributed by atoms with Crippen LogP contribution in [0.1, 0.15) is 72.3 Å². The van der Waals surface area contributed by atoms with Crippen LogP contribution in [0, 0.1) is 0 Å². The molecule has 3 amide bonds. The first-order valence-electron chi connectivity index (χ1n) is 16.2. The molecule has 270 valence electrons. The first-order valence-corrected chi connectivity index (χ1v) is 16.2. The smallest absolute Gasteiger partial charge is 0.335 e. The summed E-state index contributed by atoms with van der Waals surface area (Å²) in [6, 6.07) is 4.70. The van der Waals surface area contributed by atoms with Gasteiger partial charge in [0.1, 0.15) is 30.8 Å². The summed E-state index contributed by atoms with van der Waals surface area (Å²) in [6.45, 7) is 10.4. The molecule has 0 aromatic heterocycles. The van der Waals surface area contributed by atoms with E-state index in [4.69, 9.17) is 23.7 Å². The van der Waals surface area contributed by atoms with Crippen molar-refractivity contribution >= 4 is 29.7 Å². The van der Waals surface area contributed by atoms with Crippen LogP contribution in [-0.2, 0) is 44.8 Å². The fourth-order valence-corrected chi connectivity index (χ4v) is 4.35. The fraction of sp³-hybridized carbons (Fsp3) is 0.606. The highest BCUT2D eigenvalue weighted by Crippen LogP contribution is 2.30. The number of carboxylic acid groups (broad SMARTS) is 1. The van der Waals surface area contributed by atoms with E-state index >= 15 is 0 Å². The maximum absolute atomic E-state index is 12.0. The van der Waals surface area contributed by atoms with E-state index in [1.54, 1.807) is 12.1 Å². The van der Waals surface area contributed by atoms with E-state index in [0.29, 0.717) is 50.1 Å². The number of ether oxygens (including phenoxy) is 5. The Morgan fingerprint density at radius 2 is 1.67 bits per heavy atom. The Balaban J connectivity index is 0.00000277. The van der Waals surface area contributed by atoms with E-state index in [0.717, 1.165) is 0 Å². The molecule has 2 heterocycles. The monoisotopic (exact) mass is 682 g/mol. The third kappa shape index (κ3) is 14.8. The first-order chi connectivity index (χ1) is 23.0. The van der Waals surface area contributed by atoms with Gasteiger partial charge in [-0.1, -0.05) is 34.1 Å². The second-order valence-corrected chi connectivity index (χ2v) is 10.1. The molecule has 1 aromatic rings. The molecule has 0 aliphatic carbocycles. The molecule has 1 fully saturated rings. The van der Waals surface area contributed by atoms with Crippen LogP contribution in [-0.4, -0.2) is 107 Å². The minimum atomic E-state index is -1.69. The molecule has 0 spiro atoms. The van der Waals surface area contributed by atoms with Crippen LogP contribution in [0.5, 0.6) is 11.5 Å². The van der Waals surface area contributed by atoms with Crippen molar-refractivity contribution in [1.29, 1.82) is 0 Å². The molecule has 1 saturated heterocycles. The van der Waals surface area contributed by atoms with Crippen molar-refractivity contribution in [2.75, 3.05) is 32.9 Å². The predicted molar refractivity (Wildman–Crippen MR) is 172 cm³/mol. The van der Waals surface area contributed by atoms with Crippen molar-refractivity contribution < 1.29 is 63.0 Å². The molecule has 3 unspecified atom stereocenters. The zero-order chi connectivity index (χ0) is 36.1. The van der Waals surface area contributed by atoms with Crippen molar-refractivity contribution in [2.45, 2.75) is 97.9 Å². The largest absolute Gasteiger partial charge is 0.491 e. The summed E-state index contributed by atoms with van der Waals surface area (Å²) in [7, 11) is 0. The van der Waals surface area contributed by atoms with Crippen molar-refractivity contribution in [3.8, 4) is 11.5 Å². The molecular weight excluding hydrogens is 632 g/mol. The number of unbranched alkanes of at least 4 members (excludes halogenated alkanes) is 2. The molecule has 0 bridgehead atoms. The number of benzene rings is 1. The number of carbonyl (C=O) groups is 5. The zero-order valence-corrected chi connectivity index (χ0v) is 28.3. The lowest BCUT2D eigenvalue weighted by Crippen LogP contribution is -2.53. The van der Waals surface area contributed by atoms with Gasteiger partial charge in [0, 0.05) is 56.6 Å². The Hall–Kier alpha value is -4.05. The number of aliphatic carboxylic acids is 1. The first kappa shape index (κ1) is 42.0. The summed E-state index contributed by atoms with van der Waals surface area (Å²) in [5.74, 6) is -2.19. The summed E-state index contributed by atoms with van der Waals surface area (Å²) >= 11 is 0. The number of carboxylic acids is 1. The number of carbonyl (C=O) groups excluding carboxylic acids is 4. The SMILES string of the molecule is CC.CC.CC(=O)OCc1ccc(OCCOCCNC(=O)CCCCCN2C(=O)C=CC2=O)cc1OC1CC(O)[C@H](O)C(C(=O)O)O1. The number of nitrogens with one attached hydrogen (secondary N) is 1. The highest BCUT2D eigenvalue weighted by molar-refractivity contribution is 6.12. The highest BCUT2D eigenvalue weighted by atomic mass is 16.7. The molecule has 3 rings (SSSR count). The number of aliphatic hydroxyl groups is 2. The molecule has 15 nitrogen and oxygen atoms in total. The number of amides is 3. The van der Waals surface area contributed by atoms with Gasteiger partial charge < -0.3 is 44.3 Å².